The summed E-state index contributed by atoms with van der Waals surface area (Å²) in [5, 5.41) is 1.17. The fourth-order valence-electron chi connectivity index (χ4n) is 2.67. The first-order valence-electron chi connectivity index (χ1n) is 7.85. The first-order valence-corrected chi connectivity index (χ1v) is 10.6. The molecular weight excluding hydrogens is 413 g/mol. The molecule has 4 nitrogen and oxygen atoms in total. The summed E-state index contributed by atoms with van der Waals surface area (Å²) < 4.78 is 7.41. The van der Waals surface area contributed by atoms with E-state index in [9.17, 15) is 0 Å². The Balaban J connectivity index is 1.78. The van der Waals surface area contributed by atoms with Crippen molar-refractivity contribution in [2.75, 3.05) is 11.5 Å². The van der Waals surface area contributed by atoms with Gasteiger partial charge in [-0.2, -0.15) is 0 Å². The summed E-state index contributed by atoms with van der Waals surface area (Å²) in [7, 11) is 1.68. The number of aromatic nitrogens is 3. The molecule has 0 amide bonds. The Kier molecular flexibility index (Phi) is 4.42. The molecule has 3 heterocycles. The molecule has 1 fully saturated rings. The van der Waals surface area contributed by atoms with Gasteiger partial charge in [-0.05, 0) is 0 Å². The molecule has 1 atom stereocenters. The van der Waals surface area contributed by atoms with Crippen molar-refractivity contribution in [3.8, 4) is 5.75 Å². The van der Waals surface area contributed by atoms with Crippen LogP contribution in [0.4, 0.5) is 0 Å². The van der Waals surface area contributed by atoms with Crippen LogP contribution in [-0.2, 0) is 0 Å². The number of rotatable bonds is 4. The number of ether oxygens (including phenoxy) is 1. The van der Waals surface area contributed by atoms with E-state index in [1.807, 2.05) is 42.6 Å². The zero-order valence-electron chi connectivity index (χ0n) is 13.3. The molecule has 1 aliphatic heterocycles. The van der Waals surface area contributed by atoms with Crippen LogP contribution in [0.25, 0.3) is 23.1 Å². The maximum atomic E-state index is 5.35. The van der Waals surface area contributed by atoms with Gasteiger partial charge in [-0.25, -0.2) is 0 Å². The summed E-state index contributed by atoms with van der Waals surface area (Å²) in [4.78, 5) is 13.7. The number of nitrogens with zero attached hydrogens (tertiary/aromatic N) is 3. The van der Waals surface area contributed by atoms with E-state index in [4.69, 9.17) is 14.7 Å². The van der Waals surface area contributed by atoms with Crippen LogP contribution in [0.1, 0.15) is 27.4 Å². The first kappa shape index (κ1) is 15.5. The van der Waals surface area contributed by atoms with Crippen molar-refractivity contribution in [2.45, 2.75) is 10.3 Å². The van der Waals surface area contributed by atoms with E-state index >= 15 is 0 Å². The van der Waals surface area contributed by atoms with Crippen LogP contribution in [-0.4, -0.2) is 26.5 Å². The van der Waals surface area contributed by atoms with Crippen molar-refractivity contribution in [3.63, 3.8) is 0 Å². The fraction of sp³-hybridized carbons (Fsp3) is 0.211. The van der Waals surface area contributed by atoms with Gasteiger partial charge in [-0.3, -0.25) is 0 Å². The zero-order valence-corrected chi connectivity index (χ0v) is 15.5. The van der Waals surface area contributed by atoms with Gasteiger partial charge in [0, 0.05) is 0 Å². The number of halogens is 1. The van der Waals surface area contributed by atoms with Gasteiger partial charge in [0.05, 0.1) is 0 Å². The van der Waals surface area contributed by atoms with Gasteiger partial charge in [-0.15, -0.1) is 0 Å². The topological polar surface area (TPSA) is 47.9 Å². The Morgan fingerprint density at radius 3 is 2.83 bits per heavy atom. The number of alkyl halides is 2. The third-order valence-electron chi connectivity index (χ3n) is 4.01. The predicted octanol–water partition coefficient (Wildman–Crippen LogP) is 0.738. The van der Waals surface area contributed by atoms with E-state index in [2.05, 4.69) is 11.1 Å². The van der Waals surface area contributed by atoms with Crippen LogP contribution in [0.2, 0.25) is 0 Å². The van der Waals surface area contributed by atoms with E-state index < -0.39 is 0 Å². The van der Waals surface area contributed by atoms with Crippen molar-refractivity contribution in [2.24, 2.45) is 0 Å². The van der Waals surface area contributed by atoms with Gasteiger partial charge in [0.25, 0.3) is 0 Å². The molecule has 1 saturated heterocycles. The number of benzene rings is 1. The molecule has 5 heteroatoms. The molecule has 0 bridgehead atoms. The molecule has 0 N–H and O–H groups in total. The van der Waals surface area contributed by atoms with Crippen molar-refractivity contribution in [3.05, 3.63) is 59.8 Å². The standard InChI is InChI=1S/C19H17IN3O/c1-24-14-5-6-15-17(11-14)22-18(23-19(15)16-8-9-20-16)7-4-13-3-2-10-21-12-13/h2-7,10-12,16H,8-9H2,1H3/q-1/b7-4+. The molecule has 3 aromatic rings. The summed E-state index contributed by atoms with van der Waals surface area (Å²) in [6.07, 6.45) is 8.84. The van der Waals surface area contributed by atoms with Crippen LogP contribution >= 0.6 is 0 Å². The third-order valence-corrected chi connectivity index (χ3v) is 7.54. The molecule has 0 spiro atoms. The Morgan fingerprint density at radius 2 is 2.12 bits per heavy atom. The van der Waals surface area contributed by atoms with E-state index in [1.54, 1.807) is 13.3 Å². The summed E-state index contributed by atoms with van der Waals surface area (Å²) in [6, 6.07) is 10.0. The molecule has 0 aliphatic carbocycles. The van der Waals surface area contributed by atoms with Crippen LogP contribution in [0.15, 0.2) is 42.7 Å². The van der Waals surface area contributed by atoms with Gasteiger partial charge in [0.1, 0.15) is 0 Å². The zero-order chi connectivity index (χ0) is 16.4. The van der Waals surface area contributed by atoms with E-state index in [0.717, 1.165) is 22.7 Å². The molecule has 1 aliphatic rings. The average molecular weight is 430 g/mol. The molecule has 4 rings (SSSR count). The molecule has 2 aromatic heterocycles. The second-order valence-electron chi connectivity index (χ2n) is 5.57. The van der Waals surface area contributed by atoms with Crippen LogP contribution in [0.3, 0.4) is 0 Å². The summed E-state index contributed by atoms with van der Waals surface area (Å²) in [5.74, 6) is 1.59. The minimum absolute atomic E-state index is 0.237. The summed E-state index contributed by atoms with van der Waals surface area (Å²) >= 11 is 0.237. The van der Waals surface area contributed by atoms with E-state index in [1.165, 1.54) is 21.9 Å². The number of pyridine rings is 1. The monoisotopic (exact) mass is 430 g/mol. The van der Waals surface area contributed by atoms with E-state index in [0.29, 0.717) is 3.92 Å². The number of methoxy groups -OCH3 is 1. The molecule has 24 heavy (non-hydrogen) atoms. The molecule has 122 valence electrons. The number of hydrogen-bond acceptors (Lipinski definition) is 4. The summed E-state index contributed by atoms with van der Waals surface area (Å²) in [6.45, 7) is 0. The molecular formula is C19H17IN3O-. The van der Waals surface area contributed by atoms with Crippen molar-refractivity contribution in [1.82, 2.24) is 15.0 Å². The van der Waals surface area contributed by atoms with Gasteiger partial charge >= 0.3 is 151 Å². The quantitative estimate of drug-likeness (QED) is 0.453. The van der Waals surface area contributed by atoms with Crippen LogP contribution in [0.5, 0.6) is 5.75 Å². The normalized spacial score (nSPS) is 17.5. The second-order valence-corrected chi connectivity index (χ2v) is 9.03. The first-order chi connectivity index (χ1) is 11.8. The predicted molar refractivity (Wildman–Crippen MR) is 91.5 cm³/mol. The Morgan fingerprint density at radius 1 is 1.21 bits per heavy atom. The minimum atomic E-state index is 0.237. The van der Waals surface area contributed by atoms with Crippen molar-refractivity contribution in [1.29, 1.82) is 0 Å². The SMILES string of the molecule is COc1ccc2c(C3CC[I-]3)nc(/C=C/c3cccnc3)nc2c1. The number of fused-ring (bicyclic) bond motifs is 1. The summed E-state index contributed by atoms with van der Waals surface area (Å²) in [5.41, 5.74) is 3.22. The Labute approximate surface area is 151 Å². The van der Waals surface area contributed by atoms with Crippen molar-refractivity contribution >= 4 is 23.1 Å². The molecule has 1 unspecified atom stereocenters. The molecule has 0 saturated carbocycles. The Hall–Kier alpha value is -2.02. The molecule has 0 radical (unpaired) electrons. The fourth-order valence-corrected chi connectivity index (χ4v) is 4.80. The average Bonchev–Trinajstić information content (AvgIpc) is 2.59. The van der Waals surface area contributed by atoms with Crippen LogP contribution < -0.4 is 25.9 Å². The van der Waals surface area contributed by atoms with Gasteiger partial charge in [0.2, 0.25) is 0 Å². The van der Waals surface area contributed by atoms with Crippen molar-refractivity contribution < 1.29 is 25.9 Å². The number of hydrogen-bond donors (Lipinski definition) is 0. The van der Waals surface area contributed by atoms with Gasteiger partial charge < -0.3 is 0 Å². The van der Waals surface area contributed by atoms with E-state index in [-0.39, 0.29) is 21.2 Å². The molecule has 1 aromatic carbocycles. The third kappa shape index (κ3) is 3.13. The van der Waals surface area contributed by atoms with Crippen LogP contribution in [0, 0.1) is 0 Å². The Bertz CT molecular complexity index is 892. The van der Waals surface area contributed by atoms with Gasteiger partial charge in [-0.1, -0.05) is 0 Å². The maximum absolute atomic E-state index is 5.35. The second kappa shape index (κ2) is 6.84. The van der Waals surface area contributed by atoms with Gasteiger partial charge in [0.15, 0.2) is 0 Å².